The molecule has 2 rings (SSSR count). The second-order valence-corrected chi connectivity index (χ2v) is 3.76. The Morgan fingerprint density at radius 3 is 2.47 bits per heavy atom. The van der Waals surface area contributed by atoms with E-state index in [1.807, 2.05) is 31.3 Å². The van der Waals surface area contributed by atoms with Crippen LogP contribution in [0, 0.1) is 6.92 Å². The molecule has 0 saturated carbocycles. The van der Waals surface area contributed by atoms with E-state index >= 15 is 0 Å². The summed E-state index contributed by atoms with van der Waals surface area (Å²) >= 11 is 0. The van der Waals surface area contributed by atoms with Gasteiger partial charge in [0.05, 0.1) is 12.7 Å². The molecular weight excluding hydrogens is 214 g/mol. The highest BCUT2D eigenvalue weighted by molar-refractivity contribution is 5.90. The predicted octanol–water partition coefficient (Wildman–Crippen LogP) is 2.84. The van der Waals surface area contributed by atoms with Crippen molar-refractivity contribution >= 4 is 5.97 Å². The first kappa shape index (κ1) is 11.3. The molecule has 17 heavy (non-hydrogen) atoms. The van der Waals surface area contributed by atoms with Gasteiger partial charge >= 0.3 is 5.97 Å². The van der Waals surface area contributed by atoms with E-state index in [1.54, 1.807) is 18.3 Å². The van der Waals surface area contributed by atoms with Crippen molar-refractivity contribution in [2.24, 2.45) is 0 Å². The van der Waals surface area contributed by atoms with Gasteiger partial charge in [0, 0.05) is 18.0 Å². The molecule has 0 fully saturated rings. The molecule has 0 aliphatic rings. The zero-order chi connectivity index (χ0) is 12.3. The van der Waals surface area contributed by atoms with Crippen LogP contribution in [0.3, 0.4) is 0 Å². The Morgan fingerprint density at radius 2 is 1.88 bits per heavy atom. The zero-order valence-corrected chi connectivity index (χ0v) is 9.81. The topological polar surface area (TPSA) is 39.2 Å². The molecule has 1 aromatic carbocycles. The Morgan fingerprint density at radius 1 is 1.18 bits per heavy atom. The number of methoxy groups -OCH3 is 1. The van der Waals surface area contributed by atoms with Crippen LogP contribution in [-0.4, -0.2) is 18.1 Å². The summed E-state index contributed by atoms with van der Waals surface area (Å²) in [6.07, 6.45) is 3.59. The molecule has 0 amide bonds. The number of benzene rings is 1. The molecule has 0 unspecified atom stereocenters. The predicted molar refractivity (Wildman–Crippen MR) is 65.7 cm³/mol. The summed E-state index contributed by atoms with van der Waals surface area (Å²) in [5.74, 6) is -0.320. The van der Waals surface area contributed by atoms with Gasteiger partial charge in [-0.25, -0.2) is 4.79 Å². The zero-order valence-electron chi connectivity index (χ0n) is 9.81. The third kappa shape index (κ3) is 2.33. The molecule has 0 radical (unpaired) electrons. The number of hydrogen-bond donors (Lipinski definition) is 0. The number of hydrogen-bond acceptors (Lipinski definition) is 3. The van der Waals surface area contributed by atoms with Crippen LogP contribution in [0.1, 0.15) is 15.9 Å². The van der Waals surface area contributed by atoms with Gasteiger partial charge in [0.25, 0.3) is 0 Å². The van der Waals surface area contributed by atoms with Crippen molar-refractivity contribution in [2.45, 2.75) is 6.92 Å². The molecule has 0 N–H and O–H groups in total. The van der Waals surface area contributed by atoms with Crippen molar-refractivity contribution in [3.63, 3.8) is 0 Å². The molecule has 1 aromatic heterocycles. The van der Waals surface area contributed by atoms with Gasteiger partial charge in [-0.1, -0.05) is 12.1 Å². The summed E-state index contributed by atoms with van der Waals surface area (Å²) in [7, 11) is 1.38. The lowest BCUT2D eigenvalue weighted by Crippen LogP contribution is -2.00. The number of nitrogens with zero attached hydrogens (tertiary/aromatic N) is 1. The Hall–Kier alpha value is -2.16. The molecule has 0 aliphatic carbocycles. The maximum absolute atomic E-state index is 11.3. The molecule has 3 heteroatoms. The maximum atomic E-state index is 11.3. The van der Waals surface area contributed by atoms with Gasteiger partial charge in [-0.2, -0.15) is 0 Å². The highest BCUT2D eigenvalue weighted by atomic mass is 16.5. The summed E-state index contributed by atoms with van der Waals surface area (Å²) in [4.78, 5) is 15.4. The Balaban J connectivity index is 2.36. The number of aryl methyl sites for hydroxylation is 1. The first-order valence-corrected chi connectivity index (χ1v) is 5.31. The third-order valence-corrected chi connectivity index (χ3v) is 2.66. The van der Waals surface area contributed by atoms with Crippen LogP contribution in [0.4, 0.5) is 0 Å². The standard InChI is InChI=1S/C14H13NO2/c1-10-7-8-15-9-13(10)11-3-5-12(6-4-11)14(16)17-2/h3-9H,1-2H3. The minimum Gasteiger partial charge on any atom is -0.465 e. The highest BCUT2D eigenvalue weighted by Crippen LogP contribution is 2.22. The molecule has 0 spiro atoms. The highest BCUT2D eigenvalue weighted by Gasteiger charge is 2.06. The van der Waals surface area contributed by atoms with Gasteiger partial charge in [0.15, 0.2) is 0 Å². The van der Waals surface area contributed by atoms with Crippen LogP contribution >= 0.6 is 0 Å². The summed E-state index contributed by atoms with van der Waals surface area (Å²) in [6.45, 7) is 2.03. The van der Waals surface area contributed by atoms with Crippen LogP contribution in [0.5, 0.6) is 0 Å². The lowest BCUT2D eigenvalue weighted by atomic mass is 10.0. The van der Waals surface area contributed by atoms with Gasteiger partial charge in [0.2, 0.25) is 0 Å². The van der Waals surface area contributed by atoms with Crippen LogP contribution in [0.15, 0.2) is 42.7 Å². The average Bonchev–Trinajstić information content (AvgIpc) is 2.39. The van der Waals surface area contributed by atoms with Gasteiger partial charge in [-0.3, -0.25) is 4.98 Å². The van der Waals surface area contributed by atoms with E-state index in [9.17, 15) is 4.79 Å². The molecule has 1 heterocycles. The van der Waals surface area contributed by atoms with Crippen molar-refractivity contribution in [2.75, 3.05) is 7.11 Å². The van der Waals surface area contributed by atoms with E-state index in [2.05, 4.69) is 9.72 Å². The van der Waals surface area contributed by atoms with Gasteiger partial charge in [-0.05, 0) is 36.2 Å². The van der Waals surface area contributed by atoms with E-state index in [1.165, 1.54) is 7.11 Å². The van der Waals surface area contributed by atoms with E-state index < -0.39 is 0 Å². The number of pyridine rings is 1. The number of carbonyl (C=O) groups is 1. The van der Waals surface area contributed by atoms with Gasteiger partial charge in [-0.15, -0.1) is 0 Å². The quantitative estimate of drug-likeness (QED) is 0.740. The van der Waals surface area contributed by atoms with Crippen LogP contribution in [-0.2, 0) is 4.74 Å². The van der Waals surface area contributed by atoms with Crippen molar-refractivity contribution < 1.29 is 9.53 Å². The minimum atomic E-state index is -0.320. The van der Waals surface area contributed by atoms with E-state index in [0.29, 0.717) is 5.56 Å². The van der Waals surface area contributed by atoms with E-state index in [4.69, 9.17) is 0 Å². The molecular formula is C14H13NO2. The Bertz CT molecular complexity index is 532. The number of carbonyl (C=O) groups excluding carboxylic acids is 1. The number of ether oxygens (including phenoxy) is 1. The van der Waals surface area contributed by atoms with Gasteiger partial charge < -0.3 is 4.74 Å². The molecule has 0 atom stereocenters. The largest absolute Gasteiger partial charge is 0.465 e. The molecule has 0 saturated heterocycles. The first-order chi connectivity index (χ1) is 8.22. The molecule has 0 bridgehead atoms. The number of esters is 1. The van der Waals surface area contributed by atoms with Crippen LogP contribution < -0.4 is 0 Å². The minimum absolute atomic E-state index is 0.320. The fourth-order valence-electron chi connectivity index (χ4n) is 1.67. The summed E-state index contributed by atoms with van der Waals surface area (Å²) in [5, 5.41) is 0. The molecule has 3 nitrogen and oxygen atoms in total. The first-order valence-electron chi connectivity index (χ1n) is 5.31. The fraction of sp³-hybridized carbons (Fsp3) is 0.143. The lowest BCUT2D eigenvalue weighted by molar-refractivity contribution is 0.0601. The Kier molecular flexibility index (Phi) is 3.19. The smallest absolute Gasteiger partial charge is 0.337 e. The molecule has 86 valence electrons. The van der Waals surface area contributed by atoms with Crippen molar-refractivity contribution in [1.82, 2.24) is 4.98 Å². The van der Waals surface area contributed by atoms with Crippen molar-refractivity contribution in [3.8, 4) is 11.1 Å². The van der Waals surface area contributed by atoms with Crippen LogP contribution in [0.25, 0.3) is 11.1 Å². The molecule has 2 aromatic rings. The van der Waals surface area contributed by atoms with E-state index in [0.717, 1.165) is 16.7 Å². The second kappa shape index (κ2) is 4.78. The average molecular weight is 227 g/mol. The van der Waals surface area contributed by atoms with Crippen LogP contribution in [0.2, 0.25) is 0 Å². The SMILES string of the molecule is COC(=O)c1ccc(-c2cnccc2C)cc1. The summed E-state index contributed by atoms with van der Waals surface area (Å²) in [6, 6.07) is 9.28. The maximum Gasteiger partial charge on any atom is 0.337 e. The fourth-order valence-corrected chi connectivity index (χ4v) is 1.67. The number of rotatable bonds is 2. The summed E-state index contributed by atoms with van der Waals surface area (Å²) in [5.41, 5.74) is 3.83. The number of aromatic nitrogens is 1. The van der Waals surface area contributed by atoms with Crippen molar-refractivity contribution in [1.29, 1.82) is 0 Å². The second-order valence-electron chi connectivity index (χ2n) is 3.76. The van der Waals surface area contributed by atoms with E-state index in [-0.39, 0.29) is 5.97 Å². The van der Waals surface area contributed by atoms with Crippen molar-refractivity contribution in [3.05, 3.63) is 53.9 Å². The third-order valence-electron chi connectivity index (χ3n) is 2.66. The normalized spacial score (nSPS) is 10.0. The Labute approximate surface area is 100 Å². The monoisotopic (exact) mass is 227 g/mol. The molecule has 0 aliphatic heterocycles. The lowest BCUT2D eigenvalue weighted by Gasteiger charge is -2.05. The van der Waals surface area contributed by atoms with Gasteiger partial charge in [0.1, 0.15) is 0 Å². The summed E-state index contributed by atoms with van der Waals surface area (Å²) < 4.78 is 4.65.